The number of likely N-dealkylation sites (tertiary alicyclic amines) is 1. The highest BCUT2D eigenvalue weighted by molar-refractivity contribution is 14.0. The van der Waals surface area contributed by atoms with Gasteiger partial charge in [-0.2, -0.15) is 0 Å². The fraction of sp³-hybridized carbons (Fsp3) is 0.588. The van der Waals surface area contributed by atoms with Crippen LogP contribution in [0.3, 0.4) is 0 Å². The summed E-state index contributed by atoms with van der Waals surface area (Å²) >= 11 is 0. The second-order valence-electron chi connectivity index (χ2n) is 6.38. The summed E-state index contributed by atoms with van der Waals surface area (Å²) in [6, 6.07) is 6.73. The molecule has 0 atom stereocenters. The third-order valence-electron chi connectivity index (χ3n) is 4.97. The van der Waals surface area contributed by atoms with Crippen LogP contribution in [0.2, 0.25) is 0 Å². The van der Waals surface area contributed by atoms with Crippen LogP contribution in [-0.2, 0) is 6.42 Å². The lowest BCUT2D eigenvalue weighted by molar-refractivity contribution is 0.151. The number of hydrogen-bond donors (Lipinski definition) is 1. The molecule has 1 spiro atoms. The van der Waals surface area contributed by atoms with E-state index in [1.54, 1.807) is 0 Å². The van der Waals surface area contributed by atoms with Crippen molar-refractivity contribution in [3.05, 3.63) is 35.6 Å². The molecule has 0 radical (unpaired) electrons. The number of hydrogen-bond acceptors (Lipinski definition) is 1. The maximum atomic E-state index is 12.9. The summed E-state index contributed by atoms with van der Waals surface area (Å²) in [5.41, 5.74) is 1.74. The Morgan fingerprint density at radius 3 is 2.55 bits per heavy atom. The Balaban J connectivity index is 0.00000176. The van der Waals surface area contributed by atoms with Gasteiger partial charge in [0, 0.05) is 26.7 Å². The van der Waals surface area contributed by atoms with E-state index in [4.69, 9.17) is 0 Å². The van der Waals surface area contributed by atoms with Crippen LogP contribution >= 0.6 is 24.0 Å². The summed E-state index contributed by atoms with van der Waals surface area (Å²) in [5.74, 6) is 0.839. The lowest BCUT2D eigenvalue weighted by atomic mass is 9.68. The SMILES string of the molecule is CN=C(NCCc1ccc(F)cc1)N1CCC2(CCC2)C1.I. The first kappa shape index (κ1) is 17.5. The highest BCUT2D eigenvalue weighted by atomic mass is 127. The minimum Gasteiger partial charge on any atom is -0.356 e. The zero-order chi connectivity index (χ0) is 14.7. The van der Waals surface area contributed by atoms with E-state index in [0.29, 0.717) is 5.41 Å². The van der Waals surface area contributed by atoms with Gasteiger partial charge in [-0.1, -0.05) is 18.6 Å². The third-order valence-corrected chi connectivity index (χ3v) is 4.97. The molecule has 1 saturated heterocycles. The van der Waals surface area contributed by atoms with Crippen molar-refractivity contribution in [1.29, 1.82) is 0 Å². The minimum absolute atomic E-state index is 0. The summed E-state index contributed by atoms with van der Waals surface area (Å²) in [4.78, 5) is 6.80. The summed E-state index contributed by atoms with van der Waals surface area (Å²) in [5, 5.41) is 3.44. The van der Waals surface area contributed by atoms with Gasteiger partial charge in [0.05, 0.1) is 0 Å². The van der Waals surface area contributed by atoms with Gasteiger partial charge in [-0.15, -0.1) is 24.0 Å². The quantitative estimate of drug-likeness (QED) is 0.464. The predicted molar refractivity (Wildman–Crippen MR) is 99.4 cm³/mol. The topological polar surface area (TPSA) is 27.6 Å². The maximum absolute atomic E-state index is 12.9. The number of nitrogens with one attached hydrogen (secondary N) is 1. The molecule has 1 aliphatic carbocycles. The van der Waals surface area contributed by atoms with Crippen molar-refractivity contribution in [1.82, 2.24) is 10.2 Å². The van der Waals surface area contributed by atoms with Crippen LogP contribution in [0.15, 0.2) is 29.3 Å². The average molecular weight is 417 g/mol. The van der Waals surface area contributed by atoms with E-state index in [-0.39, 0.29) is 29.8 Å². The Morgan fingerprint density at radius 2 is 2.00 bits per heavy atom. The Hall–Kier alpha value is -0.850. The zero-order valence-corrected chi connectivity index (χ0v) is 15.5. The standard InChI is InChI=1S/C17H24FN3.HI/c1-19-16(21-12-10-17(13-21)8-2-9-17)20-11-7-14-3-5-15(18)6-4-14;/h3-6H,2,7-13H2,1H3,(H,19,20);1H. The number of aliphatic imine (C=N–C) groups is 1. The fourth-order valence-corrected chi connectivity index (χ4v) is 3.50. The van der Waals surface area contributed by atoms with Crippen molar-refractivity contribution in [2.75, 3.05) is 26.7 Å². The van der Waals surface area contributed by atoms with Crippen molar-refractivity contribution in [3.8, 4) is 0 Å². The normalized spacial score (nSPS) is 19.7. The molecule has 3 nitrogen and oxygen atoms in total. The van der Waals surface area contributed by atoms with E-state index in [0.717, 1.165) is 37.6 Å². The van der Waals surface area contributed by atoms with Crippen LogP contribution in [0.4, 0.5) is 4.39 Å². The van der Waals surface area contributed by atoms with E-state index >= 15 is 0 Å². The van der Waals surface area contributed by atoms with E-state index < -0.39 is 0 Å². The van der Waals surface area contributed by atoms with Gasteiger partial charge in [-0.05, 0) is 48.8 Å². The number of halogens is 2. The maximum Gasteiger partial charge on any atom is 0.193 e. The molecule has 5 heteroatoms. The second-order valence-corrected chi connectivity index (χ2v) is 6.38. The van der Waals surface area contributed by atoms with E-state index in [9.17, 15) is 4.39 Å². The van der Waals surface area contributed by atoms with Gasteiger partial charge in [0.1, 0.15) is 5.82 Å². The summed E-state index contributed by atoms with van der Waals surface area (Å²) in [7, 11) is 1.85. The molecule has 1 heterocycles. The van der Waals surface area contributed by atoms with Crippen molar-refractivity contribution < 1.29 is 4.39 Å². The van der Waals surface area contributed by atoms with Crippen LogP contribution in [0.5, 0.6) is 0 Å². The molecule has 2 aliphatic rings. The molecule has 0 amide bonds. The number of rotatable bonds is 3. The van der Waals surface area contributed by atoms with Crippen molar-refractivity contribution in [2.45, 2.75) is 32.1 Å². The van der Waals surface area contributed by atoms with Crippen LogP contribution in [-0.4, -0.2) is 37.5 Å². The molecule has 1 saturated carbocycles. The van der Waals surface area contributed by atoms with Crippen molar-refractivity contribution in [2.24, 2.45) is 10.4 Å². The van der Waals surface area contributed by atoms with Crippen LogP contribution in [0, 0.1) is 11.2 Å². The van der Waals surface area contributed by atoms with Crippen LogP contribution in [0.25, 0.3) is 0 Å². The molecular weight excluding hydrogens is 392 g/mol. The van der Waals surface area contributed by atoms with Crippen molar-refractivity contribution in [3.63, 3.8) is 0 Å². The molecule has 1 aromatic rings. The summed E-state index contributed by atoms with van der Waals surface area (Å²) < 4.78 is 12.9. The highest BCUT2D eigenvalue weighted by Gasteiger charge is 2.43. The van der Waals surface area contributed by atoms with Gasteiger partial charge < -0.3 is 10.2 Å². The predicted octanol–water partition coefficient (Wildman–Crippen LogP) is 3.44. The van der Waals surface area contributed by atoms with Gasteiger partial charge in [0.25, 0.3) is 0 Å². The Morgan fingerprint density at radius 1 is 1.27 bits per heavy atom. The number of benzene rings is 1. The molecule has 122 valence electrons. The average Bonchev–Trinajstić information content (AvgIpc) is 2.91. The Labute approximate surface area is 149 Å². The van der Waals surface area contributed by atoms with E-state index in [1.165, 1.54) is 37.8 Å². The smallest absolute Gasteiger partial charge is 0.193 e. The van der Waals surface area contributed by atoms with Crippen LogP contribution in [0.1, 0.15) is 31.2 Å². The number of guanidine groups is 1. The summed E-state index contributed by atoms with van der Waals surface area (Å²) in [6.45, 7) is 3.11. The van der Waals surface area contributed by atoms with Crippen molar-refractivity contribution >= 4 is 29.9 Å². The second kappa shape index (κ2) is 7.62. The molecular formula is C17H25FIN3. The molecule has 22 heavy (non-hydrogen) atoms. The molecule has 3 rings (SSSR count). The zero-order valence-electron chi connectivity index (χ0n) is 13.1. The van der Waals surface area contributed by atoms with E-state index in [2.05, 4.69) is 15.2 Å². The molecule has 0 aromatic heterocycles. The highest BCUT2D eigenvalue weighted by Crippen LogP contribution is 2.47. The Bertz CT molecular complexity index is 511. The molecule has 2 fully saturated rings. The fourth-order valence-electron chi connectivity index (χ4n) is 3.50. The van der Waals surface area contributed by atoms with Gasteiger partial charge in [-0.3, -0.25) is 4.99 Å². The monoisotopic (exact) mass is 417 g/mol. The lowest BCUT2D eigenvalue weighted by Crippen LogP contribution is -2.43. The molecule has 0 unspecified atom stereocenters. The van der Waals surface area contributed by atoms with E-state index in [1.807, 2.05) is 19.2 Å². The molecule has 1 aromatic carbocycles. The first-order chi connectivity index (χ1) is 10.2. The number of nitrogens with zero attached hydrogens (tertiary/aromatic N) is 2. The third kappa shape index (κ3) is 3.91. The minimum atomic E-state index is -0.176. The molecule has 1 aliphatic heterocycles. The van der Waals surface area contributed by atoms with Gasteiger partial charge in [0.2, 0.25) is 0 Å². The van der Waals surface area contributed by atoms with Gasteiger partial charge in [0.15, 0.2) is 5.96 Å². The molecule has 1 N–H and O–H groups in total. The summed E-state index contributed by atoms with van der Waals surface area (Å²) in [6.07, 6.45) is 6.36. The first-order valence-corrected chi connectivity index (χ1v) is 7.91. The first-order valence-electron chi connectivity index (χ1n) is 7.91. The largest absolute Gasteiger partial charge is 0.356 e. The lowest BCUT2D eigenvalue weighted by Gasteiger charge is -2.38. The van der Waals surface area contributed by atoms with Gasteiger partial charge in [-0.25, -0.2) is 4.39 Å². The molecule has 0 bridgehead atoms. The van der Waals surface area contributed by atoms with Crippen LogP contribution < -0.4 is 5.32 Å². The Kier molecular flexibility index (Phi) is 6.06. The van der Waals surface area contributed by atoms with Gasteiger partial charge >= 0.3 is 0 Å².